The number of aromatic nitrogens is 1. The zero-order valence-electron chi connectivity index (χ0n) is 11.2. The Bertz CT molecular complexity index is 660. The first-order chi connectivity index (χ1) is 10.0. The number of thiazole rings is 1. The predicted octanol–water partition coefficient (Wildman–Crippen LogP) is 3.08. The van der Waals surface area contributed by atoms with Crippen LogP contribution < -0.4 is 16.4 Å². The van der Waals surface area contributed by atoms with Gasteiger partial charge in [-0.2, -0.15) is 0 Å². The molecule has 0 radical (unpaired) electrons. The van der Waals surface area contributed by atoms with Crippen LogP contribution in [-0.4, -0.2) is 17.4 Å². The van der Waals surface area contributed by atoms with Crippen molar-refractivity contribution < 1.29 is 13.6 Å². The third kappa shape index (κ3) is 3.66. The van der Waals surface area contributed by atoms with Crippen LogP contribution in [0.15, 0.2) is 18.2 Å². The normalized spacial score (nSPS) is 10.4. The van der Waals surface area contributed by atoms with Crippen molar-refractivity contribution in [3.05, 3.63) is 34.7 Å². The molecule has 0 atom stereocenters. The Balaban J connectivity index is 2.14. The van der Waals surface area contributed by atoms with Gasteiger partial charge < -0.3 is 16.4 Å². The number of hydrogen-bond acceptors (Lipinski definition) is 5. The molecule has 1 aromatic carbocycles. The third-order valence-electron chi connectivity index (χ3n) is 2.57. The Morgan fingerprint density at radius 1 is 1.43 bits per heavy atom. The summed E-state index contributed by atoms with van der Waals surface area (Å²) in [6.07, 6.45) is 0.905. The molecule has 2 rings (SSSR count). The Kier molecular flexibility index (Phi) is 4.69. The molecule has 0 bridgehead atoms. The van der Waals surface area contributed by atoms with Gasteiger partial charge in [0.15, 0.2) is 5.13 Å². The molecule has 2 aromatic rings. The number of carbonyl (C=O) groups is 1. The van der Waals surface area contributed by atoms with E-state index in [1.54, 1.807) is 0 Å². The van der Waals surface area contributed by atoms with E-state index in [9.17, 15) is 13.6 Å². The van der Waals surface area contributed by atoms with Gasteiger partial charge in [0.25, 0.3) is 5.91 Å². The van der Waals surface area contributed by atoms with E-state index in [1.807, 2.05) is 6.92 Å². The predicted molar refractivity (Wildman–Crippen MR) is 79.6 cm³/mol. The second-order valence-electron chi connectivity index (χ2n) is 4.24. The highest BCUT2D eigenvalue weighted by Crippen LogP contribution is 2.26. The van der Waals surface area contributed by atoms with E-state index >= 15 is 0 Å². The summed E-state index contributed by atoms with van der Waals surface area (Å²) >= 11 is 1.08. The summed E-state index contributed by atoms with van der Waals surface area (Å²) < 4.78 is 26.3. The van der Waals surface area contributed by atoms with E-state index in [2.05, 4.69) is 15.6 Å². The highest BCUT2D eigenvalue weighted by molar-refractivity contribution is 7.18. The van der Waals surface area contributed by atoms with E-state index in [0.717, 1.165) is 29.9 Å². The number of carbonyl (C=O) groups excluding carboxylic acids is 1. The molecule has 8 heteroatoms. The van der Waals surface area contributed by atoms with Crippen LogP contribution in [0.4, 0.5) is 25.4 Å². The quantitative estimate of drug-likeness (QED) is 0.792. The lowest BCUT2D eigenvalue weighted by atomic mass is 10.3. The fourth-order valence-electron chi connectivity index (χ4n) is 1.57. The van der Waals surface area contributed by atoms with Gasteiger partial charge in [-0.25, -0.2) is 13.8 Å². The fourth-order valence-corrected chi connectivity index (χ4v) is 2.38. The summed E-state index contributed by atoms with van der Waals surface area (Å²) in [5, 5.41) is 5.89. The van der Waals surface area contributed by atoms with Crippen LogP contribution in [-0.2, 0) is 0 Å². The minimum atomic E-state index is -0.851. The minimum Gasteiger partial charge on any atom is -0.382 e. The second kappa shape index (κ2) is 6.49. The molecule has 0 spiro atoms. The molecule has 0 saturated carbocycles. The van der Waals surface area contributed by atoms with Crippen molar-refractivity contribution in [1.82, 2.24) is 4.98 Å². The monoisotopic (exact) mass is 312 g/mol. The standard InChI is InChI=1S/C13H14F2N4OS/c1-2-5-17-13-19-11(16)10(21-13)12(20)18-9-4-3-7(14)6-8(9)15/h3-4,6H,2,5,16H2,1H3,(H,17,19)(H,18,20). The molecule has 0 aliphatic rings. The first-order valence-electron chi connectivity index (χ1n) is 6.27. The van der Waals surface area contributed by atoms with Crippen molar-refractivity contribution in [2.24, 2.45) is 0 Å². The number of rotatable bonds is 5. The molecule has 1 heterocycles. The lowest BCUT2D eigenvalue weighted by molar-refractivity contribution is 0.103. The molecule has 5 nitrogen and oxygen atoms in total. The van der Waals surface area contributed by atoms with Gasteiger partial charge in [-0.05, 0) is 18.6 Å². The smallest absolute Gasteiger partial charge is 0.269 e. The first-order valence-corrected chi connectivity index (χ1v) is 7.09. The molecule has 4 N–H and O–H groups in total. The summed E-state index contributed by atoms with van der Waals surface area (Å²) in [4.78, 5) is 16.2. The average molecular weight is 312 g/mol. The summed E-state index contributed by atoms with van der Waals surface area (Å²) in [5.41, 5.74) is 5.56. The van der Waals surface area contributed by atoms with Crippen LogP contribution >= 0.6 is 11.3 Å². The van der Waals surface area contributed by atoms with Crippen LogP contribution in [0.3, 0.4) is 0 Å². The van der Waals surface area contributed by atoms with Crippen molar-refractivity contribution in [2.75, 3.05) is 22.9 Å². The number of nitrogen functional groups attached to an aromatic ring is 1. The molecule has 0 aliphatic heterocycles. The van der Waals surface area contributed by atoms with E-state index in [4.69, 9.17) is 5.73 Å². The molecular formula is C13H14F2N4OS. The Hall–Kier alpha value is -2.22. The number of anilines is 3. The number of halogens is 2. The van der Waals surface area contributed by atoms with E-state index < -0.39 is 17.5 Å². The lowest BCUT2D eigenvalue weighted by Gasteiger charge is -2.05. The molecule has 0 fully saturated rings. The summed E-state index contributed by atoms with van der Waals surface area (Å²) in [6, 6.07) is 2.90. The molecule has 112 valence electrons. The maximum absolute atomic E-state index is 13.5. The topological polar surface area (TPSA) is 80.0 Å². The largest absolute Gasteiger partial charge is 0.382 e. The lowest BCUT2D eigenvalue weighted by Crippen LogP contribution is -2.13. The molecule has 21 heavy (non-hydrogen) atoms. The highest BCUT2D eigenvalue weighted by atomic mass is 32.1. The number of nitrogens with zero attached hydrogens (tertiary/aromatic N) is 1. The van der Waals surface area contributed by atoms with Crippen molar-refractivity contribution in [2.45, 2.75) is 13.3 Å². The summed E-state index contributed by atoms with van der Waals surface area (Å²) in [6.45, 7) is 2.70. The Morgan fingerprint density at radius 2 is 2.19 bits per heavy atom. The van der Waals surface area contributed by atoms with E-state index in [1.165, 1.54) is 0 Å². The van der Waals surface area contributed by atoms with Gasteiger partial charge in [-0.15, -0.1) is 0 Å². The van der Waals surface area contributed by atoms with Crippen LogP contribution in [0, 0.1) is 11.6 Å². The number of amides is 1. The van der Waals surface area contributed by atoms with Gasteiger partial charge in [0.05, 0.1) is 5.69 Å². The molecular weight excluding hydrogens is 298 g/mol. The number of nitrogens with two attached hydrogens (primary N) is 1. The molecule has 1 amide bonds. The number of benzene rings is 1. The minimum absolute atomic E-state index is 0.0682. The number of nitrogens with one attached hydrogen (secondary N) is 2. The second-order valence-corrected chi connectivity index (χ2v) is 5.24. The van der Waals surface area contributed by atoms with E-state index in [-0.39, 0.29) is 16.4 Å². The van der Waals surface area contributed by atoms with Gasteiger partial charge in [0, 0.05) is 12.6 Å². The maximum atomic E-state index is 13.5. The van der Waals surface area contributed by atoms with Crippen LogP contribution in [0.5, 0.6) is 0 Å². The van der Waals surface area contributed by atoms with Crippen molar-refractivity contribution >= 4 is 33.9 Å². The molecule has 0 aliphatic carbocycles. The average Bonchev–Trinajstić information content (AvgIpc) is 2.81. The van der Waals surface area contributed by atoms with Gasteiger partial charge >= 0.3 is 0 Å². The molecule has 1 aromatic heterocycles. The van der Waals surface area contributed by atoms with Crippen molar-refractivity contribution in [1.29, 1.82) is 0 Å². The molecule has 0 unspecified atom stereocenters. The first kappa shape index (κ1) is 15.2. The summed E-state index contributed by atoms with van der Waals surface area (Å²) in [5.74, 6) is -2.08. The van der Waals surface area contributed by atoms with Crippen molar-refractivity contribution in [3.63, 3.8) is 0 Å². The van der Waals surface area contributed by atoms with Crippen LogP contribution in [0.2, 0.25) is 0 Å². The van der Waals surface area contributed by atoms with Gasteiger partial charge in [-0.3, -0.25) is 4.79 Å². The van der Waals surface area contributed by atoms with Crippen molar-refractivity contribution in [3.8, 4) is 0 Å². The Morgan fingerprint density at radius 3 is 2.86 bits per heavy atom. The zero-order chi connectivity index (χ0) is 15.4. The van der Waals surface area contributed by atoms with Gasteiger partial charge in [-0.1, -0.05) is 18.3 Å². The molecule has 0 saturated heterocycles. The highest BCUT2D eigenvalue weighted by Gasteiger charge is 2.17. The maximum Gasteiger partial charge on any atom is 0.269 e. The zero-order valence-corrected chi connectivity index (χ0v) is 12.1. The van der Waals surface area contributed by atoms with Crippen LogP contribution in [0.1, 0.15) is 23.0 Å². The van der Waals surface area contributed by atoms with Crippen LogP contribution in [0.25, 0.3) is 0 Å². The van der Waals surface area contributed by atoms with E-state index in [0.29, 0.717) is 17.7 Å². The van der Waals surface area contributed by atoms with Gasteiger partial charge in [0.1, 0.15) is 22.3 Å². The fraction of sp³-hybridized carbons (Fsp3) is 0.231. The van der Waals surface area contributed by atoms with Gasteiger partial charge in [0.2, 0.25) is 0 Å². The SMILES string of the molecule is CCCNc1nc(N)c(C(=O)Nc2ccc(F)cc2F)s1. The summed E-state index contributed by atoms with van der Waals surface area (Å²) in [7, 11) is 0. The third-order valence-corrected chi connectivity index (χ3v) is 3.59. The number of hydrogen-bond donors (Lipinski definition) is 3. The Labute approximate surface area is 124 Å².